The molecule has 2 N–H and O–H groups in total. The topological polar surface area (TPSA) is 62.2 Å². The van der Waals surface area contributed by atoms with Crippen molar-refractivity contribution in [3.63, 3.8) is 0 Å². The van der Waals surface area contributed by atoms with E-state index in [1.807, 2.05) is 44.2 Å². The van der Waals surface area contributed by atoms with Crippen molar-refractivity contribution in [1.29, 1.82) is 0 Å². The Kier molecular flexibility index (Phi) is 4.29. The first-order valence-electron chi connectivity index (χ1n) is 6.02. The van der Waals surface area contributed by atoms with Gasteiger partial charge in [-0.3, -0.25) is 4.79 Å². The van der Waals surface area contributed by atoms with Crippen LogP contribution in [-0.4, -0.2) is 22.6 Å². The second kappa shape index (κ2) is 5.95. The Labute approximate surface area is 116 Å². The molecule has 4 nitrogen and oxygen atoms in total. The number of aromatic nitrogens is 1. The van der Waals surface area contributed by atoms with Crippen LogP contribution in [0.5, 0.6) is 0 Å². The van der Waals surface area contributed by atoms with Gasteiger partial charge in [-0.1, -0.05) is 30.3 Å². The fraction of sp³-hybridized carbons (Fsp3) is 0.286. The fourth-order valence-corrected chi connectivity index (χ4v) is 2.71. The summed E-state index contributed by atoms with van der Waals surface area (Å²) >= 11 is 1.37. The highest BCUT2D eigenvalue weighted by Crippen LogP contribution is 2.19. The van der Waals surface area contributed by atoms with E-state index < -0.39 is 6.04 Å². The number of carbonyl (C=O) groups excluding carboxylic acids is 1. The van der Waals surface area contributed by atoms with E-state index in [9.17, 15) is 9.90 Å². The number of aliphatic hydroxyl groups excluding tert-OH is 1. The number of amides is 1. The summed E-state index contributed by atoms with van der Waals surface area (Å²) in [7, 11) is 0. The van der Waals surface area contributed by atoms with Gasteiger partial charge in [-0.25, -0.2) is 4.98 Å². The Morgan fingerprint density at radius 3 is 2.58 bits per heavy atom. The SMILES string of the molecule is Cc1nc(C)c(C(=O)N[C@@H](CO)c2ccccc2)s1. The minimum absolute atomic E-state index is 0.132. The predicted octanol–water partition coefficient (Wildman–Crippen LogP) is 2.22. The molecule has 1 atom stereocenters. The maximum absolute atomic E-state index is 12.2. The zero-order valence-corrected chi connectivity index (χ0v) is 11.7. The number of aryl methyl sites for hydroxylation is 2. The Hall–Kier alpha value is -1.72. The van der Waals surface area contributed by atoms with Crippen molar-refractivity contribution < 1.29 is 9.90 Å². The summed E-state index contributed by atoms with van der Waals surface area (Å²) in [6.07, 6.45) is 0. The molecule has 2 aromatic rings. The number of hydrogen-bond donors (Lipinski definition) is 2. The standard InChI is InChI=1S/C14H16N2O2S/c1-9-13(19-10(2)15-9)14(18)16-12(8-17)11-6-4-3-5-7-11/h3-7,12,17H,8H2,1-2H3,(H,16,18)/t12-/m0/s1. The third-order valence-corrected chi connectivity index (χ3v) is 3.87. The first kappa shape index (κ1) is 13.7. The zero-order chi connectivity index (χ0) is 13.8. The van der Waals surface area contributed by atoms with E-state index in [1.54, 1.807) is 0 Å². The van der Waals surface area contributed by atoms with Crippen LogP contribution in [-0.2, 0) is 0 Å². The van der Waals surface area contributed by atoms with Crippen LogP contribution in [0.3, 0.4) is 0 Å². The van der Waals surface area contributed by atoms with E-state index in [-0.39, 0.29) is 12.5 Å². The van der Waals surface area contributed by atoms with Crippen molar-refractivity contribution in [3.05, 3.63) is 51.5 Å². The van der Waals surface area contributed by atoms with Crippen molar-refractivity contribution >= 4 is 17.2 Å². The number of thiazole rings is 1. The summed E-state index contributed by atoms with van der Waals surface area (Å²) in [5.74, 6) is -0.189. The lowest BCUT2D eigenvalue weighted by atomic mass is 10.1. The van der Waals surface area contributed by atoms with Gasteiger partial charge >= 0.3 is 0 Å². The summed E-state index contributed by atoms with van der Waals surface area (Å²) in [5.41, 5.74) is 1.61. The van der Waals surface area contributed by atoms with Crippen LogP contribution in [0, 0.1) is 13.8 Å². The monoisotopic (exact) mass is 276 g/mol. The molecule has 19 heavy (non-hydrogen) atoms. The number of nitrogens with zero attached hydrogens (tertiary/aromatic N) is 1. The van der Waals surface area contributed by atoms with Crippen LogP contribution < -0.4 is 5.32 Å². The molecule has 0 saturated carbocycles. The lowest BCUT2D eigenvalue weighted by Crippen LogP contribution is -2.30. The van der Waals surface area contributed by atoms with Gasteiger partial charge < -0.3 is 10.4 Å². The van der Waals surface area contributed by atoms with Gasteiger partial charge in [0, 0.05) is 0 Å². The van der Waals surface area contributed by atoms with Crippen LogP contribution in [0.15, 0.2) is 30.3 Å². The molecule has 0 radical (unpaired) electrons. The van der Waals surface area contributed by atoms with E-state index in [1.165, 1.54) is 11.3 Å². The normalized spacial score (nSPS) is 12.2. The second-order valence-corrected chi connectivity index (χ2v) is 5.47. The number of hydrogen-bond acceptors (Lipinski definition) is 4. The number of benzene rings is 1. The molecule has 100 valence electrons. The first-order chi connectivity index (χ1) is 9.11. The zero-order valence-electron chi connectivity index (χ0n) is 10.9. The highest BCUT2D eigenvalue weighted by molar-refractivity contribution is 7.13. The third-order valence-electron chi connectivity index (χ3n) is 2.80. The highest BCUT2D eigenvalue weighted by atomic mass is 32.1. The maximum Gasteiger partial charge on any atom is 0.263 e. The molecule has 0 bridgehead atoms. The van der Waals surface area contributed by atoms with Crippen molar-refractivity contribution in [2.75, 3.05) is 6.61 Å². The summed E-state index contributed by atoms with van der Waals surface area (Å²) in [4.78, 5) is 17.0. The second-order valence-electron chi connectivity index (χ2n) is 4.27. The smallest absolute Gasteiger partial charge is 0.263 e. The van der Waals surface area contributed by atoms with E-state index in [0.29, 0.717) is 4.88 Å². The fourth-order valence-electron chi connectivity index (χ4n) is 1.89. The lowest BCUT2D eigenvalue weighted by molar-refractivity contribution is 0.0919. The molecular weight excluding hydrogens is 260 g/mol. The number of nitrogens with one attached hydrogen (secondary N) is 1. The van der Waals surface area contributed by atoms with E-state index in [2.05, 4.69) is 10.3 Å². The first-order valence-corrected chi connectivity index (χ1v) is 6.84. The van der Waals surface area contributed by atoms with Crippen LogP contribution >= 0.6 is 11.3 Å². The van der Waals surface area contributed by atoms with Crippen molar-refractivity contribution in [1.82, 2.24) is 10.3 Å². The summed E-state index contributed by atoms with van der Waals surface area (Å²) in [6, 6.07) is 9.03. The van der Waals surface area contributed by atoms with E-state index in [0.717, 1.165) is 16.3 Å². The molecule has 0 aliphatic rings. The minimum atomic E-state index is -0.393. The summed E-state index contributed by atoms with van der Waals surface area (Å²) in [5, 5.41) is 13.1. The largest absolute Gasteiger partial charge is 0.394 e. The average Bonchev–Trinajstić information content (AvgIpc) is 2.76. The molecule has 0 fully saturated rings. The lowest BCUT2D eigenvalue weighted by Gasteiger charge is -2.16. The molecule has 2 rings (SSSR count). The molecular formula is C14H16N2O2S. The quantitative estimate of drug-likeness (QED) is 0.900. The molecule has 1 aromatic carbocycles. The van der Waals surface area contributed by atoms with E-state index in [4.69, 9.17) is 0 Å². The Morgan fingerprint density at radius 1 is 1.37 bits per heavy atom. The maximum atomic E-state index is 12.2. The van der Waals surface area contributed by atoms with Gasteiger partial charge in [0.25, 0.3) is 5.91 Å². The van der Waals surface area contributed by atoms with Gasteiger partial charge in [-0.2, -0.15) is 0 Å². The van der Waals surface area contributed by atoms with Crippen LogP contribution in [0.4, 0.5) is 0 Å². The van der Waals surface area contributed by atoms with Crippen LogP contribution in [0.1, 0.15) is 32.0 Å². The van der Waals surface area contributed by atoms with Gasteiger partial charge in [0.15, 0.2) is 0 Å². The van der Waals surface area contributed by atoms with E-state index >= 15 is 0 Å². The van der Waals surface area contributed by atoms with Crippen molar-refractivity contribution in [2.45, 2.75) is 19.9 Å². The predicted molar refractivity (Wildman–Crippen MR) is 75.3 cm³/mol. The Balaban J connectivity index is 2.15. The summed E-state index contributed by atoms with van der Waals surface area (Å²) < 4.78 is 0. The van der Waals surface area contributed by atoms with Crippen LogP contribution in [0.2, 0.25) is 0 Å². The van der Waals surface area contributed by atoms with Gasteiger partial charge in [0.1, 0.15) is 4.88 Å². The van der Waals surface area contributed by atoms with Gasteiger partial charge in [-0.15, -0.1) is 11.3 Å². The van der Waals surface area contributed by atoms with Crippen molar-refractivity contribution in [3.8, 4) is 0 Å². The molecule has 5 heteroatoms. The highest BCUT2D eigenvalue weighted by Gasteiger charge is 2.18. The van der Waals surface area contributed by atoms with Gasteiger partial charge in [-0.05, 0) is 19.4 Å². The van der Waals surface area contributed by atoms with Gasteiger partial charge in [0.05, 0.1) is 23.4 Å². The molecule has 1 aromatic heterocycles. The molecule has 1 amide bonds. The molecule has 0 spiro atoms. The Bertz CT molecular complexity index is 566. The summed E-state index contributed by atoms with van der Waals surface area (Å²) in [6.45, 7) is 3.55. The molecule has 0 saturated heterocycles. The third kappa shape index (κ3) is 3.19. The molecule has 1 heterocycles. The number of carbonyl (C=O) groups is 1. The average molecular weight is 276 g/mol. The minimum Gasteiger partial charge on any atom is -0.394 e. The number of rotatable bonds is 4. The molecule has 0 unspecified atom stereocenters. The number of aliphatic hydroxyl groups is 1. The Morgan fingerprint density at radius 2 is 2.05 bits per heavy atom. The van der Waals surface area contributed by atoms with Crippen molar-refractivity contribution in [2.24, 2.45) is 0 Å². The molecule has 0 aliphatic carbocycles. The van der Waals surface area contributed by atoms with Crippen LogP contribution in [0.25, 0.3) is 0 Å². The molecule has 0 aliphatic heterocycles. The van der Waals surface area contributed by atoms with Gasteiger partial charge in [0.2, 0.25) is 0 Å².